The largest absolute Gasteiger partial charge is 0.316 e. The van der Waals surface area contributed by atoms with E-state index in [0.717, 1.165) is 0 Å². The fourth-order valence-electron chi connectivity index (χ4n) is 1.54. The number of para-hydroxylation sites is 1. The lowest BCUT2D eigenvalue weighted by molar-refractivity contribution is -0.134. The number of pyridine rings is 1. The fourth-order valence-corrected chi connectivity index (χ4v) is 1.54. The van der Waals surface area contributed by atoms with Gasteiger partial charge < -0.3 is 10.2 Å². The van der Waals surface area contributed by atoms with E-state index in [2.05, 4.69) is 10.3 Å². The van der Waals surface area contributed by atoms with Gasteiger partial charge in [-0.25, -0.2) is 0 Å². The first-order chi connectivity index (χ1) is 9.18. The van der Waals surface area contributed by atoms with E-state index in [0.29, 0.717) is 11.4 Å². The van der Waals surface area contributed by atoms with Crippen LogP contribution in [0.1, 0.15) is 0 Å². The van der Waals surface area contributed by atoms with Gasteiger partial charge in [0.2, 0.25) is 0 Å². The first kappa shape index (κ1) is 12.8. The van der Waals surface area contributed by atoms with Crippen molar-refractivity contribution in [1.29, 1.82) is 0 Å². The van der Waals surface area contributed by atoms with Crippen molar-refractivity contribution in [2.24, 2.45) is 0 Å². The highest BCUT2D eigenvalue weighted by Crippen LogP contribution is 2.12. The first-order valence-corrected chi connectivity index (χ1v) is 5.72. The van der Waals surface area contributed by atoms with Crippen LogP contribution in [-0.4, -0.2) is 23.8 Å². The zero-order valence-electron chi connectivity index (χ0n) is 10.4. The van der Waals surface area contributed by atoms with Gasteiger partial charge in [0.05, 0.1) is 11.9 Å². The predicted octanol–water partition coefficient (Wildman–Crippen LogP) is 1.68. The molecule has 0 radical (unpaired) electrons. The summed E-state index contributed by atoms with van der Waals surface area (Å²) < 4.78 is 0. The quantitative estimate of drug-likeness (QED) is 0.830. The van der Waals surface area contributed by atoms with E-state index in [9.17, 15) is 9.59 Å². The van der Waals surface area contributed by atoms with E-state index in [4.69, 9.17) is 0 Å². The Labute approximate surface area is 110 Å². The molecular weight excluding hydrogens is 242 g/mol. The molecule has 0 aliphatic carbocycles. The number of carbonyl (C=O) groups excluding carboxylic acids is 2. The molecule has 5 heteroatoms. The van der Waals surface area contributed by atoms with Gasteiger partial charge in [-0.15, -0.1) is 0 Å². The highest BCUT2D eigenvalue weighted by atomic mass is 16.2. The monoisotopic (exact) mass is 255 g/mol. The maximum absolute atomic E-state index is 11.9. The number of aromatic nitrogens is 1. The molecular formula is C14H13N3O2. The molecule has 2 aromatic rings. The van der Waals surface area contributed by atoms with E-state index < -0.39 is 11.8 Å². The van der Waals surface area contributed by atoms with Crippen LogP contribution in [0.25, 0.3) is 0 Å². The average Bonchev–Trinajstić information content (AvgIpc) is 2.47. The number of rotatable bonds is 2. The standard InChI is InChI=1S/C14H13N3O2/c1-17(12-7-3-2-4-8-12)14(19)13(18)16-11-6-5-9-15-10-11/h2-10H,1H3,(H,16,18). The molecule has 0 aliphatic heterocycles. The summed E-state index contributed by atoms with van der Waals surface area (Å²) in [6.07, 6.45) is 3.07. The van der Waals surface area contributed by atoms with Gasteiger partial charge in [-0.1, -0.05) is 18.2 Å². The Balaban J connectivity index is 2.06. The van der Waals surface area contributed by atoms with Crippen molar-refractivity contribution in [3.63, 3.8) is 0 Å². The van der Waals surface area contributed by atoms with Crippen LogP contribution in [0, 0.1) is 0 Å². The van der Waals surface area contributed by atoms with Crippen molar-refractivity contribution < 1.29 is 9.59 Å². The average molecular weight is 255 g/mol. The molecule has 1 aromatic heterocycles. The van der Waals surface area contributed by atoms with Crippen LogP contribution < -0.4 is 10.2 Å². The second-order valence-corrected chi connectivity index (χ2v) is 3.90. The van der Waals surface area contributed by atoms with Crippen molar-refractivity contribution in [3.05, 3.63) is 54.9 Å². The van der Waals surface area contributed by atoms with Gasteiger partial charge in [0.25, 0.3) is 0 Å². The van der Waals surface area contributed by atoms with Crippen LogP contribution in [0.15, 0.2) is 54.9 Å². The molecule has 5 nitrogen and oxygen atoms in total. The van der Waals surface area contributed by atoms with Crippen molar-refractivity contribution >= 4 is 23.2 Å². The summed E-state index contributed by atoms with van der Waals surface area (Å²) in [5, 5.41) is 2.50. The topological polar surface area (TPSA) is 62.3 Å². The van der Waals surface area contributed by atoms with Gasteiger partial charge in [-0.2, -0.15) is 0 Å². The molecule has 1 aromatic carbocycles. The predicted molar refractivity (Wildman–Crippen MR) is 72.7 cm³/mol. The molecule has 19 heavy (non-hydrogen) atoms. The molecule has 0 unspecified atom stereocenters. The number of carbonyl (C=O) groups is 2. The van der Waals surface area contributed by atoms with Crippen molar-refractivity contribution in [1.82, 2.24) is 4.98 Å². The number of nitrogens with zero attached hydrogens (tertiary/aromatic N) is 2. The summed E-state index contributed by atoms with van der Waals surface area (Å²) in [4.78, 5) is 28.9. The van der Waals surface area contributed by atoms with E-state index in [1.165, 1.54) is 11.1 Å². The minimum Gasteiger partial charge on any atom is -0.316 e. The smallest absolute Gasteiger partial charge is 0.316 e. The SMILES string of the molecule is CN(C(=O)C(=O)Nc1cccnc1)c1ccccc1. The second-order valence-electron chi connectivity index (χ2n) is 3.90. The Morgan fingerprint density at radius 3 is 2.47 bits per heavy atom. The van der Waals surface area contributed by atoms with E-state index in [1.54, 1.807) is 49.6 Å². The highest BCUT2D eigenvalue weighted by Gasteiger charge is 2.19. The van der Waals surface area contributed by atoms with Gasteiger partial charge in [0.1, 0.15) is 0 Å². The molecule has 96 valence electrons. The van der Waals surface area contributed by atoms with Crippen LogP contribution in [0.3, 0.4) is 0 Å². The fraction of sp³-hybridized carbons (Fsp3) is 0.0714. The number of hydrogen-bond acceptors (Lipinski definition) is 3. The first-order valence-electron chi connectivity index (χ1n) is 5.72. The van der Waals surface area contributed by atoms with Gasteiger partial charge in [-0.05, 0) is 24.3 Å². The third kappa shape index (κ3) is 3.16. The summed E-state index contributed by atoms with van der Waals surface area (Å²) in [5.41, 5.74) is 1.15. The van der Waals surface area contributed by atoms with E-state index in [-0.39, 0.29) is 0 Å². The maximum Gasteiger partial charge on any atom is 0.316 e. The van der Waals surface area contributed by atoms with Crippen molar-refractivity contribution in [2.75, 3.05) is 17.3 Å². The Hall–Kier alpha value is -2.69. The Morgan fingerprint density at radius 1 is 1.11 bits per heavy atom. The number of benzene rings is 1. The van der Waals surface area contributed by atoms with Crippen molar-refractivity contribution in [2.45, 2.75) is 0 Å². The van der Waals surface area contributed by atoms with Crippen LogP contribution in [0.2, 0.25) is 0 Å². The molecule has 0 bridgehead atoms. The highest BCUT2D eigenvalue weighted by molar-refractivity contribution is 6.44. The summed E-state index contributed by atoms with van der Waals surface area (Å²) in [5.74, 6) is -1.32. The summed E-state index contributed by atoms with van der Waals surface area (Å²) >= 11 is 0. The molecule has 1 heterocycles. The Morgan fingerprint density at radius 2 is 1.84 bits per heavy atom. The summed E-state index contributed by atoms with van der Waals surface area (Å²) in [7, 11) is 1.56. The lowest BCUT2D eigenvalue weighted by atomic mass is 10.3. The molecule has 0 aliphatic rings. The molecule has 0 spiro atoms. The number of nitrogens with one attached hydrogen (secondary N) is 1. The van der Waals surface area contributed by atoms with Gasteiger partial charge in [0, 0.05) is 18.9 Å². The van der Waals surface area contributed by atoms with Gasteiger partial charge in [-0.3, -0.25) is 14.6 Å². The van der Waals surface area contributed by atoms with Crippen LogP contribution in [0.4, 0.5) is 11.4 Å². The van der Waals surface area contributed by atoms with Crippen LogP contribution in [0.5, 0.6) is 0 Å². The second kappa shape index (κ2) is 5.77. The molecule has 0 fully saturated rings. The normalized spacial score (nSPS) is 9.74. The van der Waals surface area contributed by atoms with Crippen LogP contribution in [-0.2, 0) is 9.59 Å². The number of likely N-dealkylation sites (N-methyl/N-ethyl adjacent to an activating group) is 1. The van der Waals surface area contributed by atoms with E-state index in [1.807, 2.05) is 6.07 Å². The minimum atomic E-state index is -0.695. The lowest BCUT2D eigenvalue weighted by Gasteiger charge is -2.16. The number of anilines is 2. The third-order valence-corrected chi connectivity index (χ3v) is 2.56. The third-order valence-electron chi connectivity index (χ3n) is 2.56. The Kier molecular flexibility index (Phi) is 3.87. The summed E-state index contributed by atoms with van der Waals surface area (Å²) in [6.45, 7) is 0. The minimum absolute atomic E-state index is 0.488. The summed E-state index contributed by atoms with van der Waals surface area (Å²) in [6, 6.07) is 12.3. The van der Waals surface area contributed by atoms with Crippen molar-refractivity contribution in [3.8, 4) is 0 Å². The molecule has 0 saturated carbocycles. The zero-order chi connectivity index (χ0) is 13.7. The number of hydrogen-bond donors (Lipinski definition) is 1. The molecule has 0 saturated heterocycles. The molecule has 1 N–H and O–H groups in total. The molecule has 2 amide bonds. The molecule has 0 atom stereocenters. The van der Waals surface area contributed by atoms with Gasteiger partial charge >= 0.3 is 11.8 Å². The maximum atomic E-state index is 11.9. The number of amides is 2. The zero-order valence-corrected chi connectivity index (χ0v) is 10.4. The van der Waals surface area contributed by atoms with E-state index >= 15 is 0 Å². The van der Waals surface area contributed by atoms with Gasteiger partial charge in [0.15, 0.2) is 0 Å². The van der Waals surface area contributed by atoms with Crippen LogP contribution >= 0.6 is 0 Å². The Bertz CT molecular complexity index is 570. The molecule has 2 rings (SSSR count). The lowest BCUT2D eigenvalue weighted by Crippen LogP contribution is -2.37.